The van der Waals surface area contributed by atoms with Gasteiger partial charge in [-0.2, -0.15) is 23.3 Å². The molecule has 0 atom stereocenters. The predicted octanol–water partition coefficient (Wildman–Crippen LogP) is 2.84. The molecule has 0 spiro atoms. The summed E-state index contributed by atoms with van der Waals surface area (Å²) in [6, 6.07) is 0.968. The van der Waals surface area contributed by atoms with Crippen LogP contribution in [0.3, 0.4) is 0 Å². The molecule has 0 radical (unpaired) electrons. The summed E-state index contributed by atoms with van der Waals surface area (Å²) in [6.07, 6.45) is -0.778. The van der Waals surface area contributed by atoms with Crippen molar-refractivity contribution in [3.8, 4) is 0 Å². The Morgan fingerprint density at radius 2 is 2.08 bits per heavy atom. The molecule has 0 unspecified atom stereocenters. The summed E-state index contributed by atoms with van der Waals surface area (Å²) in [6.45, 7) is 0.972. The molecule has 130 valence electrons. The van der Waals surface area contributed by atoms with E-state index in [1.54, 1.807) is 4.68 Å². The second-order valence-corrected chi connectivity index (χ2v) is 5.64. The fourth-order valence-corrected chi connectivity index (χ4v) is 2.66. The monoisotopic (exact) mass is 343 g/mol. The quantitative estimate of drug-likeness (QED) is 0.910. The van der Waals surface area contributed by atoms with Gasteiger partial charge in [0.2, 0.25) is 0 Å². The van der Waals surface area contributed by atoms with Crippen LogP contribution < -0.4 is 5.32 Å². The zero-order valence-electron chi connectivity index (χ0n) is 12.9. The lowest BCUT2D eigenvalue weighted by Gasteiger charge is -2.30. The van der Waals surface area contributed by atoms with Gasteiger partial charge in [0.05, 0.1) is 5.69 Å². The number of amides is 2. The Morgan fingerprint density at radius 1 is 1.38 bits per heavy atom. The third kappa shape index (κ3) is 3.52. The van der Waals surface area contributed by atoms with Gasteiger partial charge in [0, 0.05) is 32.3 Å². The number of aromatic nitrogens is 3. The zero-order valence-corrected chi connectivity index (χ0v) is 12.9. The molecule has 10 heteroatoms. The first-order valence-corrected chi connectivity index (χ1v) is 7.41. The molecule has 1 aliphatic rings. The number of nitrogens with zero attached hydrogens (tertiary/aromatic N) is 4. The molecule has 3 rings (SSSR count). The molecule has 2 aromatic heterocycles. The summed E-state index contributed by atoms with van der Waals surface area (Å²) in [5.41, 5.74) is -0.188. The van der Waals surface area contributed by atoms with E-state index in [1.165, 1.54) is 4.90 Å². The van der Waals surface area contributed by atoms with Crippen molar-refractivity contribution in [2.75, 3.05) is 18.4 Å². The molecule has 7 nitrogen and oxygen atoms in total. The summed E-state index contributed by atoms with van der Waals surface area (Å²) in [4.78, 5) is 16.8. The van der Waals surface area contributed by atoms with Gasteiger partial charge >= 0.3 is 18.2 Å². The third-order valence-corrected chi connectivity index (χ3v) is 3.94. The van der Waals surface area contributed by atoms with Crippen LogP contribution in [0, 0.1) is 0 Å². The van der Waals surface area contributed by atoms with Gasteiger partial charge in [0.1, 0.15) is 6.26 Å². The first kappa shape index (κ1) is 16.3. The number of aryl methyl sites for hydroxylation is 1. The lowest BCUT2D eigenvalue weighted by Crippen LogP contribution is -2.40. The number of rotatable bonds is 2. The highest BCUT2D eigenvalue weighted by atomic mass is 19.4. The number of likely N-dealkylation sites (tertiary alicyclic amines) is 1. The van der Waals surface area contributed by atoms with E-state index >= 15 is 0 Å². The first-order chi connectivity index (χ1) is 11.3. The number of oxazole rings is 1. The number of carbonyl (C=O) groups excluding carboxylic acids is 1. The molecule has 1 N–H and O–H groups in total. The van der Waals surface area contributed by atoms with E-state index < -0.39 is 23.9 Å². The summed E-state index contributed by atoms with van der Waals surface area (Å²) >= 11 is 0. The van der Waals surface area contributed by atoms with Crippen LogP contribution in [0.5, 0.6) is 0 Å². The maximum atomic E-state index is 12.4. The molecular weight excluding hydrogens is 327 g/mol. The average molecular weight is 343 g/mol. The molecule has 2 amide bonds. The van der Waals surface area contributed by atoms with Gasteiger partial charge in [-0.15, -0.1) is 0 Å². The molecule has 1 saturated heterocycles. The molecule has 1 aliphatic heterocycles. The minimum Gasteiger partial charge on any atom is -0.431 e. The van der Waals surface area contributed by atoms with Crippen molar-refractivity contribution in [2.24, 2.45) is 7.05 Å². The summed E-state index contributed by atoms with van der Waals surface area (Å²) in [5.74, 6) is 0.272. The van der Waals surface area contributed by atoms with Gasteiger partial charge in [-0.3, -0.25) is 10.00 Å². The molecule has 24 heavy (non-hydrogen) atoms. The van der Waals surface area contributed by atoms with Crippen LogP contribution in [-0.2, 0) is 13.2 Å². The Balaban J connectivity index is 1.54. The molecule has 0 aromatic carbocycles. The number of nitrogens with one attached hydrogen (secondary N) is 1. The number of hydrogen-bond acceptors (Lipinski definition) is 4. The number of urea groups is 1. The van der Waals surface area contributed by atoms with Gasteiger partial charge in [-0.05, 0) is 18.9 Å². The van der Waals surface area contributed by atoms with Crippen LogP contribution in [0.15, 0.2) is 22.9 Å². The zero-order chi connectivity index (χ0) is 17.3. The van der Waals surface area contributed by atoms with E-state index in [1.807, 2.05) is 19.3 Å². The fraction of sp³-hybridized carbons (Fsp3) is 0.500. The highest BCUT2D eigenvalue weighted by Gasteiger charge is 2.35. The smallest absolute Gasteiger partial charge is 0.431 e. The molecule has 0 bridgehead atoms. The van der Waals surface area contributed by atoms with E-state index in [4.69, 9.17) is 0 Å². The van der Waals surface area contributed by atoms with Crippen molar-refractivity contribution < 1.29 is 22.4 Å². The number of alkyl halides is 3. The molecule has 0 saturated carbocycles. The summed E-state index contributed by atoms with van der Waals surface area (Å²) in [7, 11) is 1.84. The van der Waals surface area contributed by atoms with Crippen molar-refractivity contribution in [1.82, 2.24) is 19.7 Å². The predicted molar refractivity (Wildman–Crippen MR) is 77.3 cm³/mol. The van der Waals surface area contributed by atoms with Crippen LogP contribution in [0.2, 0.25) is 0 Å². The second-order valence-electron chi connectivity index (χ2n) is 5.64. The maximum Gasteiger partial charge on any atom is 0.436 e. The van der Waals surface area contributed by atoms with E-state index in [2.05, 4.69) is 19.8 Å². The van der Waals surface area contributed by atoms with Gasteiger partial charge in [-0.1, -0.05) is 0 Å². The van der Waals surface area contributed by atoms with Gasteiger partial charge in [0.25, 0.3) is 0 Å². The van der Waals surface area contributed by atoms with E-state index in [0.717, 1.165) is 18.5 Å². The summed E-state index contributed by atoms with van der Waals surface area (Å²) < 4.78 is 43.7. The number of anilines is 1. The fourth-order valence-electron chi connectivity index (χ4n) is 2.66. The molecule has 0 aliphatic carbocycles. The van der Waals surface area contributed by atoms with Crippen LogP contribution >= 0.6 is 0 Å². The number of piperidine rings is 1. The number of hydrogen-bond donors (Lipinski definition) is 1. The Labute approximate surface area is 135 Å². The van der Waals surface area contributed by atoms with Crippen molar-refractivity contribution in [1.29, 1.82) is 0 Å². The van der Waals surface area contributed by atoms with E-state index in [-0.39, 0.29) is 5.92 Å². The van der Waals surface area contributed by atoms with Crippen LogP contribution in [-0.4, -0.2) is 38.8 Å². The largest absolute Gasteiger partial charge is 0.436 e. The maximum absolute atomic E-state index is 12.4. The summed E-state index contributed by atoms with van der Waals surface area (Å²) in [5, 5.41) is 6.62. The normalized spacial score (nSPS) is 16.4. The van der Waals surface area contributed by atoms with Gasteiger partial charge in [-0.25, -0.2) is 4.79 Å². The van der Waals surface area contributed by atoms with Crippen molar-refractivity contribution in [3.05, 3.63) is 29.9 Å². The molecular formula is C14H16F3N5O2. The Kier molecular flexibility index (Phi) is 4.20. The number of halogens is 3. The van der Waals surface area contributed by atoms with Gasteiger partial charge < -0.3 is 9.32 Å². The lowest BCUT2D eigenvalue weighted by molar-refractivity contribution is -0.141. The highest BCUT2D eigenvalue weighted by molar-refractivity contribution is 5.87. The van der Waals surface area contributed by atoms with Crippen LogP contribution in [0.4, 0.5) is 24.0 Å². The minimum atomic E-state index is -4.60. The Hall–Kier alpha value is -2.52. The average Bonchev–Trinajstić information content (AvgIpc) is 3.16. The third-order valence-electron chi connectivity index (χ3n) is 3.94. The van der Waals surface area contributed by atoms with Crippen molar-refractivity contribution in [2.45, 2.75) is 24.9 Å². The second kappa shape index (κ2) is 6.17. The molecule has 2 aromatic rings. The van der Waals surface area contributed by atoms with Crippen molar-refractivity contribution in [3.63, 3.8) is 0 Å². The Morgan fingerprint density at radius 3 is 2.62 bits per heavy atom. The lowest BCUT2D eigenvalue weighted by atomic mass is 9.94. The first-order valence-electron chi connectivity index (χ1n) is 7.41. The van der Waals surface area contributed by atoms with Crippen LogP contribution in [0.1, 0.15) is 30.1 Å². The van der Waals surface area contributed by atoms with Crippen LogP contribution in [0.25, 0.3) is 0 Å². The van der Waals surface area contributed by atoms with Crippen molar-refractivity contribution >= 4 is 12.0 Å². The highest BCUT2D eigenvalue weighted by Crippen LogP contribution is 2.30. The Bertz CT molecular complexity index is 716. The molecule has 3 heterocycles. The SMILES string of the molecule is Cn1ccc(C2CCN(C(=O)Nc3nc(C(F)(F)F)co3)CC2)n1. The standard InChI is InChI=1S/C14H16F3N5O2/c1-21-5-4-10(20-21)9-2-6-22(7-3-9)13(23)19-12-18-11(8-24-12)14(15,16)17/h4-5,8-9H,2-3,6-7H2,1H3,(H,18,19,23). The topological polar surface area (TPSA) is 76.2 Å². The molecule has 1 fully saturated rings. The minimum absolute atomic E-state index is 0.272. The van der Waals surface area contributed by atoms with E-state index in [0.29, 0.717) is 19.4 Å². The van der Waals surface area contributed by atoms with E-state index in [9.17, 15) is 18.0 Å². The van der Waals surface area contributed by atoms with Gasteiger partial charge in [0.15, 0.2) is 5.69 Å². The number of carbonyl (C=O) groups is 1.